The van der Waals surface area contributed by atoms with Crippen molar-refractivity contribution in [3.63, 3.8) is 0 Å². The van der Waals surface area contributed by atoms with Gasteiger partial charge in [0.25, 0.3) is 0 Å². The highest BCUT2D eigenvalue weighted by Gasteiger charge is 2.22. The van der Waals surface area contributed by atoms with Crippen molar-refractivity contribution in [1.82, 2.24) is 0 Å². The molecule has 0 rings (SSSR count). The smallest absolute Gasteiger partial charge is 0.414 e. The third-order valence-corrected chi connectivity index (χ3v) is 1.54. The standard InChI is InChI=1S/C10H16N2O2/c1-8(2)5-6-10(3,4)14-9(13)7-12-11/h5,7H,6H2,1-4H3. The summed E-state index contributed by atoms with van der Waals surface area (Å²) in [6, 6.07) is 0. The van der Waals surface area contributed by atoms with Gasteiger partial charge in [0.1, 0.15) is 5.60 Å². The Bertz CT molecular complexity index is 282. The molecule has 0 aromatic heterocycles. The van der Waals surface area contributed by atoms with Crippen molar-refractivity contribution in [1.29, 1.82) is 0 Å². The quantitative estimate of drug-likeness (QED) is 0.227. The van der Waals surface area contributed by atoms with E-state index in [1.807, 2.05) is 19.9 Å². The van der Waals surface area contributed by atoms with Crippen LogP contribution in [-0.2, 0) is 9.53 Å². The van der Waals surface area contributed by atoms with Gasteiger partial charge in [-0.3, -0.25) is 0 Å². The second kappa shape index (κ2) is 5.35. The molecule has 0 heterocycles. The molecule has 0 aromatic rings. The summed E-state index contributed by atoms with van der Waals surface area (Å²) in [5.74, 6) is -0.639. The lowest BCUT2D eigenvalue weighted by atomic mass is 10.0. The van der Waals surface area contributed by atoms with Gasteiger partial charge in [0.15, 0.2) is 0 Å². The van der Waals surface area contributed by atoms with Crippen LogP contribution in [0.4, 0.5) is 0 Å². The van der Waals surface area contributed by atoms with Crippen LogP contribution in [0.25, 0.3) is 5.53 Å². The number of nitrogens with zero attached hydrogens (tertiary/aromatic N) is 2. The molecule has 0 aliphatic heterocycles. The van der Waals surface area contributed by atoms with E-state index >= 15 is 0 Å². The van der Waals surface area contributed by atoms with Crippen LogP contribution in [0.2, 0.25) is 0 Å². The molecule has 0 aliphatic carbocycles. The van der Waals surface area contributed by atoms with Gasteiger partial charge in [-0.05, 0) is 27.7 Å². The normalized spacial score (nSPS) is 10.0. The van der Waals surface area contributed by atoms with E-state index in [1.54, 1.807) is 13.8 Å². The summed E-state index contributed by atoms with van der Waals surface area (Å²) in [6.07, 6.45) is 3.37. The van der Waals surface area contributed by atoms with Gasteiger partial charge in [0.05, 0.1) is 0 Å². The van der Waals surface area contributed by atoms with Gasteiger partial charge in [-0.25, -0.2) is 4.79 Å². The molecule has 0 aliphatic rings. The average molecular weight is 196 g/mol. The van der Waals surface area contributed by atoms with Crippen molar-refractivity contribution in [2.45, 2.75) is 39.7 Å². The molecule has 14 heavy (non-hydrogen) atoms. The third-order valence-electron chi connectivity index (χ3n) is 1.54. The Morgan fingerprint density at radius 1 is 1.50 bits per heavy atom. The fraction of sp³-hybridized carbons (Fsp3) is 0.600. The van der Waals surface area contributed by atoms with Gasteiger partial charge in [-0.1, -0.05) is 11.6 Å². The van der Waals surface area contributed by atoms with Crippen LogP contribution in [0.3, 0.4) is 0 Å². The van der Waals surface area contributed by atoms with E-state index in [0.717, 1.165) is 6.21 Å². The molecular weight excluding hydrogens is 180 g/mol. The second-order valence-electron chi connectivity index (χ2n) is 3.91. The topological polar surface area (TPSA) is 62.7 Å². The van der Waals surface area contributed by atoms with Crippen LogP contribution in [-0.4, -0.2) is 22.6 Å². The molecule has 0 amide bonds. The van der Waals surface area contributed by atoms with Crippen LogP contribution in [0.5, 0.6) is 0 Å². The van der Waals surface area contributed by atoms with Gasteiger partial charge in [0.2, 0.25) is 0 Å². The Morgan fingerprint density at radius 3 is 2.50 bits per heavy atom. The Morgan fingerprint density at radius 2 is 2.07 bits per heavy atom. The van der Waals surface area contributed by atoms with Gasteiger partial charge in [0, 0.05) is 6.42 Å². The van der Waals surface area contributed by atoms with Crippen molar-refractivity contribution in [2.24, 2.45) is 0 Å². The Balaban J connectivity index is 4.26. The van der Waals surface area contributed by atoms with Crippen LogP contribution in [0.1, 0.15) is 34.1 Å². The summed E-state index contributed by atoms with van der Waals surface area (Å²) in [4.78, 5) is 13.6. The first-order chi connectivity index (χ1) is 6.37. The minimum absolute atomic E-state index is 0.574. The third kappa shape index (κ3) is 6.14. The van der Waals surface area contributed by atoms with Crippen LogP contribution < -0.4 is 0 Å². The van der Waals surface area contributed by atoms with E-state index in [4.69, 9.17) is 10.3 Å². The van der Waals surface area contributed by atoms with Crippen LogP contribution in [0.15, 0.2) is 11.6 Å². The molecule has 0 saturated heterocycles. The van der Waals surface area contributed by atoms with Crippen LogP contribution in [0, 0.1) is 0 Å². The lowest BCUT2D eigenvalue weighted by molar-refractivity contribution is -0.150. The number of allylic oxidation sites excluding steroid dienone is 1. The summed E-state index contributed by atoms with van der Waals surface area (Å²) in [6.45, 7) is 7.56. The van der Waals surface area contributed by atoms with E-state index in [0.29, 0.717) is 6.42 Å². The largest absolute Gasteiger partial charge is 0.451 e. The zero-order valence-corrected chi connectivity index (χ0v) is 9.07. The maximum atomic E-state index is 11.0. The first kappa shape index (κ1) is 12.6. The first-order valence-corrected chi connectivity index (χ1v) is 4.41. The lowest BCUT2D eigenvalue weighted by Crippen LogP contribution is -2.28. The monoisotopic (exact) mass is 196 g/mol. The number of hydrogen-bond acceptors (Lipinski definition) is 2. The fourth-order valence-electron chi connectivity index (χ4n) is 0.837. The van der Waals surface area contributed by atoms with Crippen molar-refractivity contribution in [2.75, 3.05) is 0 Å². The number of rotatable bonds is 4. The second-order valence-corrected chi connectivity index (χ2v) is 3.91. The van der Waals surface area contributed by atoms with Crippen LogP contribution >= 0.6 is 0 Å². The summed E-state index contributed by atoms with van der Waals surface area (Å²) in [7, 11) is 0. The number of hydrogen-bond donors (Lipinski definition) is 0. The molecule has 0 spiro atoms. The van der Waals surface area contributed by atoms with Crippen molar-refractivity contribution < 1.29 is 14.3 Å². The lowest BCUT2D eigenvalue weighted by Gasteiger charge is -2.21. The molecule has 0 radical (unpaired) electrons. The Hall–Kier alpha value is -1.41. The highest BCUT2D eigenvalue weighted by atomic mass is 16.6. The predicted octanol–water partition coefficient (Wildman–Crippen LogP) is 1.97. The predicted molar refractivity (Wildman–Crippen MR) is 53.9 cm³/mol. The zero-order valence-electron chi connectivity index (χ0n) is 9.07. The summed E-state index contributed by atoms with van der Waals surface area (Å²) in [5.41, 5.74) is 8.71. The van der Waals surface area contributed by atoms with Gasteiger partial charge in [-0.2, -0.15) is 4.79 Å². The zero-order chi connectivity index (χ0) is 11.2. The number of carbonyl (C=O) groups is 1. The van der Waals surface area contributed by atoms with Crippen molar-refractivity contribution >= 4 is 12.2 Å². The first-order valence-electron chi connectivity index (χ1n) is 4.41. The number of ether oxygens (including phenoxy) is 1. The minimum atomic E-state index is -0.639. The van der Waals surface area contributed by atoms with Crippen molar-refractivity contribution in [3.05, 3.63) is 17.2 Å². The molecule has 0 bridgehead atoms. The molecule has 0 atom stereocenters. The SMILES string of the molecule is CC(C)=CCC(C)(C)OC(=O)C=[N+]=[N-]. The Kier molecular flexibility index (Phi) is 4.81. The van der Waals surface area contributed by atoms with E-state index in [1.165, 1.54) is 5.57 Å². The molecule has 0 saturated carbocycles. The summed E-state index contributed by atoms with van der Waals surface area (Å²) in [5, 5.41) is 0. The molecule has 0 aromatic carbocycles. The molecule has 78 valence electrons. The number of esters is 1. The summed E-state index contributed by atoms with van der Waals surface area (Å²) < 4.78 is 5.04. The highest BCUT2D eigenvalue weighted by Crippen LogP contribution is 2.15. The average Bonchev–Trinajstić information content (AvgIpc) is 2.00. The van der Waals surface area contributed by atoms with E-state index in [-0.39, 0.29) is 0 Å². The summed E-state index contributed by atoms with van der Waals surface area (Å²) >= 11 is 0. The molecule has 4 nitrogen and oxygen atoms in total. The van der Waals surface area contributed by atoms with E-state index < -0.39 is 11.6 Å². The highest BCUT2D eigenvalue weighted by molar-refractivity contribution is 6.20. The van der Waals surface area contributed by atoms with E-state index in [2.05, 4.69) is 4.79 Å². The van der Waals surface area contributed by atoms with Gasteiger partial charge >= 0.3 is 12.2 Å². The fourth-order valence-corrected chi connectivity index (χ4v) is 0.837. The van der Waals surface area contributed by atoms with Crippen molar-refractivity contribution in [3.8, 4) is 0 Å². The van der Waals surface area contributed by atoms with E-state index in [9.17, 15) is 4.79 Å². The number of carbonyl (C=O) groups excluding carboxylic acids is 1. The molecule has 0 unspecified atom stereocenters. The van der Waals surface area contributed by atoms with Gasteiger partial charge in [-0.15, -0.1) is 0 Å². The van der Waals surface area contributed by atoms with Gasteiger partial charge < -0.3 is 10.3 Å². The molecule has 0 fully saturated rings. The molecular formula is C10H16N2O2. The molecule has 0 N–H and O–H groups in total. The molecule has 4 heteroatoms. The maximum absolute atomic E-state index is 11.0. The maximum Gasteiger partial charge on any atom is 0.414 e. The Labute approximate surface area is 84.2 Å². The minimum Gasteiger partial charge on any atom is -0.451 e.